The molecule has 0 aromatic rings. The smallest absolute Gasteiger partial charge is 0.0254 e. The zero-order chi connectivity index (χ0) is 14.5. The Balaban J connectivity index is 1.39. The van der Waals surface area contributed by atoms with E-state index in [1.54, 1.807) is 6.42 Å². The fraction of sp³-hybridized carbons (Fsp3) is 1.00. The minimum atomic E-state index is 0.272. The number of hydrogen-bond acceptors (Lipinski definition) is 1. The molecule has 0 heterocycles. The molecule has 8 rings (SSSR count). The van der Waals surface area contributed by atoms with E-state index in [2.05, 4.69) is 20.8 Å². The van der Waals surface area contributed by atoms with Crippen LogP contribution >= 0.6 is 0 Å². The number of fused-ring (bicyclic) bond motifs is 3. The summed E-state index contributed by atoms with van der Waals surface area (Å²) in [7, 11) is 0. The fourth-order valence-electron chi connectivity index (χ4n) is 12.4. The van der Waals surface area contributed by atoms with Gasteiger partial charge in [-0.15, -0.1) is 0 Å². The maximum Gasteiger partial charge on any atom is 0.0254 e. The first kappa shape index (κ1) is 11.5. The molecule has 1 nitrogen and oxygen atoms in total. The lowest BCUT2D eigenvalue weighted by atomic mass is 9.44. The SMILES string of the molecule is CC1C2C3CC4C3C2C2(N)C1CC1C3C(C)C5(C(C)C42)C1C35. The molecular weight excluding hydrogens is 266 g/mol. The highest BCUT2D eigenvalue weighted by Gasteiger charge is 2.94. The van der Waals surface area contributed by atoms with Gasteiger partial charge in [-0.05, 0) is 101 Å². The van der Waals surface area contributed by atoms with E-state index in [1.165, 1.54) is 12.3 Å². The topological polar surface area (TPSA) is 26.0 Å². The van der Waals surface area contributed by atoms with Gasteiger partial charge in [-0.3, -0.25) is 0 Å². The molecule has 1 spiro atoms. The van der Waals surface area contributed by atoms with Crippen molar-refractivity contribution in [2.45, 2.75) is 39.2 Å². The van der Waals surface area contributed by atoms with Gasteiger partial charge in [-0.2, -0.15) is 0 Å². The van der Waals surface area contributed by atoms with Gasteiger partial charge in [-0.1, -0.05) is 20.8 Å². The fourth-order valence-corrected chi connectivity index (χ4v) is 12.4. The van der Waals surface area contributed by atoms with Gasteiger partial charge in [0, 0.05) is 5.54 Å². The third-order valence-electron chi connectivity index (χ3n) is 12.4. The van der Waals surface area contributed by atoms with Gasteiger partial charge in [-0.25, -0.2) is 0 Å². The predicted molar refractivity (Wildman–Crippen MR) is 84.5 cm³/mol. The Morgan fingerprint density at radius 2 is 1.50 bits per heavy atom. The lowest BCUT2D eigenvalue weighted by Gasteiger charge is -2.60. The Bertz CT molecular complexity index is 656. The number of nitrogens with two attached hydrogens (primary N) is 1. The summed E-state index contributed by atoms with van der Waals surface area (Å²) in [5.41, 5.74) is 8.56. The van der Waals surface area contributed by atoms with Crippen molar-refractivity contribution in [3.05, 3.63) is 0 Å². The quantitative estimate of drug-likeness (QED) is 0.729. The van der Waals surface area contributed by atoms with E-state index in [4.69, 9.17) is 5.73 Å². The van der Waals surface area contributed by atoms with Crippen molar-refractivity contribution in [3.8, 4) is 0 Å². The molecule has 118 valence electrons. The molecule has 2 N–H and O–H groups in total. The second-order valence-electron chi connectivity index (χ2n) is 11.3. The molecule has 8 saturated carbocycles. The molecular formula is C21H29N. The van der Waals surface area contributed by atoms with Crippen LogP contribution in [-0.4, -0.2) is 5.54 Å². The predicted octanol–water partition coefficient (Wildman–Crippen LogP) is 3.25. The summed E-state index contributed by atoms with van der Waals surface area (Å²) in [5, 5.41) is 0. The molecule has 1 heteroatoms. The van der Waals surface area contributed by atoms with Gasteiger partial charge in [0.1, 0.15) is 0 Å². The van der Waals surface area contributed by atoms with Gasteiger partial charge in [0.15, 0.2) is 0 Å². The van der Waals surface area contributed by atoms with Crippen LogP contribution in [0.1, 0.15) is 33.6 Å². The van der Waals surface area contributed by atoms with E-state index in [9.17, 15) is 0 Å². The van der Waals surface area contributed by atoms with Crippen LogP contribution in [0.4, 0.5) is 0 Å². The molecule has 0 bridgehead atoms. The van der Waals surface area contributed by atoms with Crippen molar-refractivity contribution in [1.29, 1.82) is 0 Å². The van der Waals surface area contributed by atoms with Gasteiger partial charge in [0.25, 0.3) is 0 Å². The average Bonchev–Trinajstić information content (AvgIpc) is 2.70. The molecule has 0 radical (unpaired) electrons. The first-order chi connectivity index (χ1) is 10.6. The van der Waals surface area contributed by atoms with E-state index in [0.717, 1.165) is 82.3 Å². The van der Waals surface area contributed by atoms with E-state index < -0.39 is 0 Å². The van der Waals surface area contributed by atoms with Crippen LogP contribution in [0.5, 0.6) is 0 Å². The van der Waals surface area contributed by atoms with Crippen LogP contribution in [0.25, 0.3) is 0 Å². The highest BCUT2D eigenvalue weighted by atomic mass is 15.0. The summed E-state index contributed by atoms with van der Waals surface area (Å²) in [6, 6.07) is 0. The summed E-state index contributed by atoms with van der Waals surface area (Å²) in [5.74, 6) is 14.6. The molecule has 0 aromatic carbocycles. The van der Waals surface area contributed by atoms with Crippen molar-refractivity contribution in [2.75, 3.05) is 0 Å². The van der Waals surface area contributed by atoms with E-state index in [1.807, 2.05) is 0 Å². The molecule has 0 aromatic heterocycles. The van der Waals surface area contributed by atoms with E-state index in [0.29, 0.717) is 0 Å². The van der Waals surface area contributed by atoms with Gasteiger partial charge in [0.2, 0.25) is 0 Å². The third kappa shape index (κ3) is 0.664. The Hall–Kier alpha value is -0.0400. The van der Waals surface area contributed by atoms with Gasteiger partial charge in [0.05, 0.1) is 0 Å². The molecule has 0 aliphatic heterocycles. The van der Waals surface area contributed by atoms with E-state index >= 15 is 0 Å². The average molecular weight is 295 g/mol. The lowest BCUT2D eigenvalue weighted by molar-refractivity contribution is -0.133. The number of hydrogen-bond donors (Lipinski definition) is 1. The summed E-state index contributed by atoms with van der Waals surface area (Å²) in [6.45, 7) is 7.92. The standard InChI is InChI=1S/C21H29N/c1-6-12-5-11-14-7(2)20(17(11)19(14)20)8(3)16-10-4-9-13(6)18(15(9)10)21(12,16)22/h6-19H,4-5,22H2,1-3H3. The highest BCUT2D eigenvalue weighted by Crippen LogP contribution is 2.97. The van der Waals surface area contributed by atoms with Crippen LogP contribution in [0.15, 0.2) is 0 Å². The summed E-state index contributed by atoms with van der Waals surface area (Å²) in [4.78, 5) is 0. The zero-order valence-corrected chi connectivity index (χ0v) is 14.1. The largest absolute Gasteiger partial charge is 0.324 e. The molecule has 8 aliphatic rings. The van der Waals surface area contributed by atoms with Crippen LogP contribution in [0.2, 0.25) is 0 Å². The molecule has 8 fully saturated rings. The molecule has 0 amide bonds. The first-order valence-corrected chi connectivity index (χ1v) is 10.3. The second kappa shape index (κ2) is 2.67. The van der Waals surface area contributed by atoms with Crippen molar-refractivity contribution in [1.82, 2.24) is 0 Å². The summed E-state index contributed by atoms with van der Waals surface area (Å²) >= 11 is 0. The molecule has 8 aliphatic carbocycles. The zero-order valence-electron chi connectivity index (χ0n) is 14.1. The Kier molecular flexibility index (Phi) is 1.39. The molecule has 16 atom stereocenters. The van der Waals surface area contributed by atoms with Crippen molar-refractivity contribution in [3.63, 3.8) is 0 Å². The minimum absolute atomic E-state index is 0.272. The van der Waals surface area contributed by atoms with Crippen molar-refractivity contribution < 1.29 is 0 Å². The van der Waals surface area contributed by atoms with Crippen LogP contribution < -0.4 is 5.73 Å². The summed E-state index contributed by atoms with van der Waals surface area (Å²) in [6.07, 6.45) is 3.11. The van der Waals surface area contributed by atoms with Crippen molar-refractivity contribution >= 4 is 0 Å². The van der Waals surface area contributed by atoms with Gasteiger partial charge >= 0.3 is 0 Å². The van der Waals surface area contributed by atoms with Crippen LogP contribution in [-0.2, 0) is 0 Å². The number of rotatable bonds is 0. The van der Waals surface area contributed by atoms with Crippen LogP contribution in [0.3, 0.4) is 0 Å². The monoisotopic (exact) mass is 295 g/mol. The lowest BCUT2D eigenvalue weighted by Crippen LogP contribution is -2.58. The Morgan fingerprint density at radius 1 is 0.727 bits per heavy atom. The second-order valence-corrected chi connectivity index (χ2v) is 11.3. The van der Waals surface area contributed by atoms with Gasteiger partial charge < -0.3 is 5.73 Å². The Labute approximate surface area is 133 Å². The molecule has 0 saturated heterocycles. The maximum absolute atomic E-state index is 7.49. The third-order valence-corrected chi connectivity index (χ3v) is 12.4. The van der Waals surface area contributed by atoms with Crippen molar-refractivity contribution in [2.24, 2.45) is 94.0 Å². The highest BCUT2D eigenvalue weighted by molar-refractivity contribution is 5.42. The molecule has 16 unspecified atom stereocenters. The Morgan fingerprint density at radius 3 is 2.27 bits per heavy atom. The maximum atomic E-state index is 7.49. The van der Waals surface area contributed by atoms with Crippen LogP contribution in [0, 0.1) is 88.3 Å². The minimum Gasteiger partial charge on any atom is -0.324 e. The van der Waals surface area contributed by atoms with E-state index in [-0.39, 0.29) is 5.54 Å². The normalized spacial score (nSPS) is 88.9. The molecule has 22 heavy (non-hydrogen) atoms. The summed E-state index contributed by atoms with van der Waals surface area (Å²) < 4.78 is 0. The first-order valence-electron chi connectivity index (χ1n) is 10.3.